The van der Waals surface area contributed by atoms with Gasteiger partial charge in [0, 0.05) is 34.8 Å². The molecule has 0 radical (unpaired) electrons. The van der Waals surface area contributed by atoms with E-state index in [1.807, 2.05) is 18.3 Å². The molecule has 1 amide bonds. The van der Waals surface area contributed by atoms with Gasteiger partial charge in [-0.3, -0.25) is 4.79 Å². The zero-order chi connectivity index (χ0) is 11.1. The fourth-order valence-corrected chi connectivity index (χ4v) is 2.12. The molecule has 3 nitrogen and oxygen atoms in total. The molecule has 1 aromatic carbocycles. The lowest BCUT2D eigenvalue weighted by Gasteiger charge is -1.99. The smallest absolute Gasteiger partial charge is 0.251 e. The van der Waals surface area contributed by atoms with Crippen LogP contribution in [-0.2, 0) is 4.79 Å². The number of aromatic nitrogens is 1. The molecule has 0 fully saturated rings. The van der Waals surface area contributed by atoms with E-state index in [4.69, 9.17) is 0 Å². The summed E-state index contributed by atoms with van der Waals surface area (Å²) in [5, 5.41) is 3.91. The molecule has 1 aromatic heterocycles. The van der Waals surface area contributed by atoms with Gasteiger partial charge in [0.1, 0.15) is 0 Å². The molecule has 0 unspecified atom stereocenters. The summed E-state index contributed by atoms with van der Waals surface area (Å²) in [6, 6.07) is 6.21. The molecule has 2 aromatic rings. The Balaban J connectivity index is 2.24. The molecule has 3 heteroatoms. The topological polar surface area (TPSA) is 44.9 Å². The van der Waals surface area contributed by atoms with Crippen molar-refractivity contribution in [1.29, 1.82) is 0 Å². The van der Waals surface area contributed by atoms with Crippen molar-refractivity contribution in [3.05, 3.63) is 41.6 Å². The fourth-order valence-electron chi connectivity index (χ4n) is 2.12. The van der Waals surface area contributed by atoms with Gasteiger partial charge in [0.2, 0.25) is 0 Å². The first-order valence-corrected chi connectivity index (χ1v) is 5.32. The second-order valence-electron chi connectivity index (χ2n) is 4.08. The van der Waals surface area contributed by atoms with Crippen molar-refractivity contribution in [2.45, 2.75) is 6.92 Å². The number of aryl methyl sites for hydroxylation is 1. The molecule has 0 saturated heterocycles. The van der Waals surface area contributed by atoms with Crippen molar-refractivity contribution in [2.24, 2.45) is 0 Å². The average Bonchev–Trinajstić information content (AvgIpc) is 2.83. The summed E-state index contributed by atoms with van der Waals surface area (Å²) in [5.74, 6) is 0.0161. The quantitative estimate of drug-likeness (QED) is 0.746. The summed E-state index contributed by atoms with van der Waals surface area (Å²) < 4.78 is 0. The molecule has 0 saturated carbocycles. The van der Waals surface area contributed by atoms with Gasteiger partial charge >= 0.3 is 0 Å². The van der Waals surface area contributed by atoms with E-state index < -0.39 is 0 Å². The van der Waals surface area contributed by atoms with Gasteiger partial charge in [0.15, 0.2) is 0 Å². The highest BCUT2D eigenvalue weighted by Gasteiger charge is 2.19. The van der Waals surface area contributed by atoms with E-state index in [-0.39, 0.29) is 5.91 Å². The van der Waals surface area contributed by atoms with Gasteiger partial charge in [-0.2, -0.15) is 0 Å². The van der Waals surface area contributed by atoms with Gasteiger partial charge < -0.3 is 10.3 Å². The molecule has 80 valence electrons. The minimum Gasteiger partial charge on any atom is -0.361 e. The van der Waals surface area contributed by atoms with Gasteiger partial charge in [-0.1, -0.05) is 17.7 Å². The normalized spacial score (nSPS) is 15.3. The Hall–Kier alpha value is -2.03. The second kappa shape index (κ2) is 3.23. The van der Waals surface area contributed by atoms with Crippen LogP contribution in [0.2, 0.25) is 0 Å². The summed E-state index contributed by atoms with van der Waals surface area (Å²) in [6.45, 7) is 2.69. The van der Waals surface area contributed by atoms with Gasteiger partial charge in [-0.25, -0.2) is 0 Å². The van der Waals surface area contributed by atoms with Crippen molar-refractivity contribution in [3.8, 4) is 0 Å². The molecule has 0 aliphatic carbocycles. The van der Waals surface area contributed by atoms with E-state index in [2.05, 4.69) is 29.4 Å². The van der Waals surface area contributed by atoms with E-state index >= 15 is 0 Å². The number of benzene rings is 1. The number of carbonyl (C=O) groups excluding carboxylic acids is 1. The summed E-state index contributed by atoms with van der Waals surface area (Å²) in [4.78, 5) is 14.8. The van der Waals surface area contributed by atoms with Crippen LogP contribution in [0.5, 0.6) is 0 Å². The second-order valence-corrected chi connectivity index (χ2v) is 4.08. The Morgan fingerprint density at radius 2 is 2.19 bits per heavy atom. The van der Waals surface area contributed by atoms with Crippen molar-refractivity contribution >= 4 is 22.4 Å². The maximum absolute atomic E-state index is 11.6. The van der Waals surface area contributed by atoms with Crippen molar-refractivity contribution in [1.82, 2.24) is 10.3 Å². The first-order valence-electron chi connectivity index (χ1n) is 5.32. The molecule has 3 rings (SSSR count). The van der Waals surface area contributed by atoms with Crippen LogP contribution in [0.15, 0.2) is 30.5 Å². The highest BCUT2D eigenvalue weighted by atomic mass is 16.1. The van der Waals surface area contributed by atoms with E-state index in [0.29, 0.717) is 6.54 Å². The number of hydrogen-bond acceptors (Lipinski definition) is 1. The van der Waals surface area contributed by atoms with Gasteiger partial charge in [0.25, 0.3) is 5.91 Å². The Morgan fingerprint density at radius 3 is 2.94 bits per heavy atom. The molecule has 0 atom stereocenters. The number of carbonyl (C=O) groups is 1. The van der Waals surface area contributed by atoms with Crippen molar-refractivity contribution < 1.29 is 4.79 Å². The van der Waals surface area contributed by atoms with Crippen LogP contribution >= 0.6 is 0 Å². The highest BCUT2D eigenvalue weighted by Crippen LogP contribution is 2.27. The van der Waals surface area contributed by atoms with Crippen molar-refractivity contribution in [3.63, 3.8) is 0 Å². The minimum absolute atomic E-state index is 0.0161. The van der Waals surface area contributed by atoms with Gasteiger partial charge in [-0.05, 0) is 19.1 Å². The predicted octanol–water partition coefficient (Wildman–Crippen LogP) is 1.99. The van der Waals surface area contributed by atoms with E-state index in [1.165, 1.54) is 5.56 Å². The number of amides is 1. The van der Waals surface area contributed by atoms with Crippen LogP contribution in [0.1, 0.15) is 11.1 Å². The number of nitrogens with one attached hydrogen (secondary N) is 2. The maximum atomic E-state index is 11.6. The summed E-state index contributed by atoms with van der Waals surface area (Å²) in [5.41, 5.74) is 4.04. The minimum atomic E-state index is 0.0161. The molecular weight excluding hydrogens is 200 g/mol. The summed E-state index contributed by atoms with van der Waals surface area (Å²) in [7, 11) is 0. The van der Waals surface area contributed by atoms with E-state index in [0.717, 1.165) is 22.0 Å². The largest absolute Gasteiger partial charge is 0.361 e. The van der Waals surface area contributed by atoms with Gasteiger partial charge in [0.05, 0.1) is 0 Å². The SMILES string of the molecule is Cc1ccc2[nH]cc(C3=CCNC3=O)c2c1. The molecule has 1 aliphatic heterocycles. The zero-order valence-electron chi connectivity index (χ0n) is 9.00. The van der Waals surface area contributed by atoms with Crippen LogP contribution in [-0.4, -0.2) is 17.4 Å². The summed E-state index contributed by atoms with van der Waals surface area (Å²) >= 11 is 0. The molecule has 1 aliphatic rings. The van der Waals surface area contributed by atoms with Crippen LogP contribution in [0.4, 0.5) is 0 Å². The lowest BCUT2D eigenvalue weighted by atomic mass is 10.0. The third-order valence-corrected chi connectivity index (χ3v) is 2.94. The number of fused-ring (bicyclic) bond motifs is 1. The fraction of sp³-hybridized carbons (Fsp3) is 0.154. The predicted molar refractivity (Wildman–Crippen MR) is 64.0 cm³/mol. The van der Waals surface area contributed by atoms with Crippen LogP contribution < -0.4 is 5.32 Å². The van der Waals surface area contributed by atoms with Crippen molar-refractivity contribution in [2.75, 3.05) is 6.54 Å². The lowest BCUT2D eigenvalue weighted by Crippen LogP contribution is -2.16. The number of H-pyrrole nitrogens is 1. The molecule has 2 heterocycles. The van der Waals surface area contributed by atoms with Crippen LogP contribution in [0, 0.1) is 6.92 Å². The molecule has 0 bridgehead atoms. The van der Waals surface area contributed by atoms with E-state index in [9.17, 15) is 4.79 Å². The zero-order valence-corrected chi connectivity index (χ0v) is 9.00. The third kappa shape index (κ3) is 1.25. The Labute approximate surface area is 93.2 Å². The first-order chi connectivity index (χ1) is 7.75. The van der Waals surface area contributed by atoms with E-state index in [1.54, 1.807) is 0 Å². The number of hydrogen-bond donors (Lipinski definition) is 2. The Bertz CT molecular complexity index is 607. The van der Waals surface area contributed by atoms with Gasteiger partial charge in [-0.15, -0.1) is 0 Å². The molecular formula is C13H12N2O. The Kier molecular flexibility index (Phi) is 1.86. The monoisotopic (exact) mass is 212 g/mol. The Morgan fingerprint density at radius 1 is 1.31 bits per heavy atom. The molecule has 16 heavy (non-hydrogen) atoms. The first kappa shape index (κ1) is 9.21. The maximum Gasteiger partial charge on any atom is 0.251 e. The third-order valence-electron chi connectivity index (χ3n) is 2.94. The molecule has 2 N–H and O–H groups in total. The highest BCUT2D eigenvalue weighted by molar-refractivity contribution is 6.24. The van der Waals surface area contributed by atoms with Crippen LogP contribution in [0.3, 0.4) is 0 Å². The molecule has 0 spiro atoms. The lowest BCUT2D eigenvalue weighted by molar-refractivity contribution is -0.114. The average molecular weight is 212 g/mol. The number of aromatic amines is 1. The van der Waals surface area contributed by atoms with Crippen LogP contribution in [0.25, 0.3) is 16.5 Å². The standard InChI is InChI=1S/C13H12N2O/c1-8-2-3-12-10(6-8)11(7-15-12)9-4-5-14-13(9)16/h2-4,6-7,15H,5H2,1H3,(H,14,16). The summed E-state index contributed by atoms with van der Waals surface area (Å²) in [6.07, 6.45) is 3.84. The number of rotatable bonds is 1.